The first-order valence-corrected chi connectivity index (χ1v) is 7.83. The van der Waals surface area contributed by atoms with E-state index in [1.54, 1.807) is 18.4 Å². The van der Waals surface area contributed by atoms with Gasteiger partial charge in [-0.3, -0.25) is 0 Å². The van der Waals surface area contributed by atoms with Crippen molar-refractivity contribution >= 4 is 43.2 Å². The molecule has 6 heteroatoms. The molecule has 0 aliphatic heterocycles. The SMILES string of the molecule is COc1c(Br)cc(Br)cc1CNCc1cscn1. The van der Waals surface area contributed by atoms with Gasteiger partial charge in [0, 0.05) is 28.5 Å². The molecule has 0 aliphatic carbocycles. The summed E-state index contributed by atoms with van der Waals surface area (Å²) in [5, 5.41) is 5.40. The number of nitrogens with zero attached hydrogens (tertiary/aromatic N) is 1. The van der Waals surface area contributed by atoms with Crippen molar-refractivity contribution in [2.75, 3.05) is 7.11 Å². The van der Waals surface area contributed by atoms with E-state index in [0.717, 1.165) is 39.0 Å². The maximum absolute atomic E-state index is 5.40. The lowest BCUT2D eigenvalue weighted by atomic mass is 10.2. The van der Waals surface area contributed by atoms with E-state index in [4.69, 9.17) is 4.74 Å². The second kappa shape index (κ2) is 6.65. The Morgan fingerprint density at radius 2 is 2.17 bits per heavy atom. The fourth-order valence-corrected chi connectivity index (χ4v) is 3.66. The van der Waals surface area contributed by atoms with E-state index in [2.05, 4.69) is 48.2 Å². The maximum atomic E-state index is 5.40. The highest BCUT2D eigenvalue weighted by Crippen LogP contribution is 2.32. The van der Waals surface area contributed by atoms with Gasteiger partial charge in [0.05, 0.1) is 22.8 Å². The van der Waals surface area contributed by atoms with Crippen molar-refractivity contribution < 1.29 is 4.74 Å². The maximum Gasteiger partial charge on any atom is 0.137 e. The van der Waals surface area contributed by atoms with Crippen LogP contribution >= 0.6 is 43.2 Å². The summed E-state index contributed by atoms with van der Waals surface area (Å²) in [7, 11) is 1.68. The second-order valence-electron chi connectivity index (χ2n) is 3.66. The third-order valence-electron chi connectivity index (χ3n) is 2.39. The Bertz CT molecular complexity index is 517. The number of hydrogen-bond donors (Lipinski definition) is 1. The van der Waals surface area contributed by atoms with Crippen molar-refractivity contribution in [1.82, 2.24) is 10.3 Å². The van der Waals surface area contributed by atoms with Crippen LogP contribution in [0.15, 0.2) is 32.0 Å². The summed E-state index contributed by atoms with van der Waals surface area (Å²) in [5.74, 6) is 0.865. The molecule has 1 aromatic heterocycles. The number of rotatable bonds is 5. The lowest BCUT2D eigenvalue weighted by molar-refractivity contribution is 0.405. The second-order valence-corrected chi connectivity index (χ2v) is 6.15. The molecule has 0 saturated heterocycles. The summed E-state index contributed by atoms with van der Waals surface area (Å²) >= 11 is 8.59. The molecule has 0 amide bonds. The van der Waals surface area contributed by atoms with Crippen LogP contribution in [0.3, 0.4) is 0 Å². The van der Waals surface area contributed by atoms with E-state index in [9.17, 15) is 0 Å². The third-order valence-corrected chi connectivity index (χ3v) is 4.08. The third kappa shape index (κ3) is 3.54. The first-order valence-electron chi connectivity index (χ1n) is 5.30. The van der Waals surface area contributed by atoms with Gasteiger partial charge in [0.15, 0.2) is 0 Å². The highest BCUT2D eigenvalue weighted by molar-refractivity contribution is 9.11. The molecule has 0 radical (unpaired) electrons. The molecule has 2 rings (SSSR count). The minimum absolute atomic E-state index is 0.735. The van der Waals surface area contributed by atoms with Crippen molar-refractivity contribution in [2.24, 2.45) is 0 Å². The molecule has 0 fully saturated rings. The van der Waals surface area contributed by atoms with Gasteiger partial charge in [-0.2, -0.15) is 0 Å². The molecule has 0 saturated carbocycles. The highest BCUT2D eigenvalue weighted by atomic mass is 79.9. The van der Waals surface area contributed by atoms with Crippen LogP contribution in [0.4, 0.5) is 0 Å². The number of halogens is 2. The minimum atomic E-state index is 0.735. The Labute approximate surface area is 127 Å². The molecule has 18 heavy (non-hydrogen) atoms. The molecule has 0 spiro atoms. The zero-order valence-corrected chi connectivity index (χ0v) is 13.7. The van der Waals surface area contributed by atoms with Gasteiger partial charge in [0.1, 0.15) is 5.75 Å². The minimum Gasteiger partial charge on any atom is -0.495 e. The van der Waals surface area contributed by atoms with Crippen LogP contribution in [-0.4, -0.2) is 12.1 Å². The zero-order valence-electron chi connectivity index (χ0n) is 9.74. The van der Waals surface area contributed by atoms with Crippen molar-refractivity contribution in [3.63, 3.8) is 0 Å². The molecule has 0 bridgehead atoms. The smallest absolute Gasteiger partial charge is 0.137 e. The summed E-state index contributed by atoms with van der Waals surface area (Å²) < 4.78 is 7.37. The van der Waals surface area contributed by atoms with E-state index in [1.165, 1.54) is 0 Å². The number of ether oxygens (including phenoxy) is 1. The van der Waals surface area contributed by atoms with Crippen LogP contribution in [0.2, 0.25) is 0 Å². The molecular formula is C12H12Br2N2OS. The standard InChI is InChI=1S/C12H12Br2N2OS/c1-17-12-8(2-9(13)3-11(12)14)4-15-5-10-6-18-7-16-10/h2-3,6-7,15H,4-5H2,1H3. The fourth-order valence-electron chi connectivity index (χ4n) is 1.62. The summed E-state index contributed by atoms with van der Waals surface area (Å²) in [6, 6.07) is 4.03. The van der Waals surface area contributed by atoms with Gasteiger partial charge in [0.25, 0.3) is 0 Å². The largest absolute Gasteiger partial charge is 0.495 e. The molecule has 1 heterocycles. The van der Waals surface area contributed by atoms with E-state index in [0.29, 0.717) is 0 Å². The summed E-state index contributed by atoms with van der Waals surface area (Å²) in [5.41, 5.74) is 4.01. The predicted molar refractivity (Wildman–Crippen MR) is 81.1 cm³/mol. The molecule has 0 unspecified atom stereocenters. The Morgan fingerprint density at radius 3 is 2.83 bits per heavy atom. The van der Waals surface area contributed by atoms with Crippen molar-refractivity contribution in [3.8, 4) is 5.75 Å². The summed E-state index contributed by atoms with van der Waals surface area (Å²) in [4.78, 5) is 4.23. The van der Waals surface area contributed by atoms with Gasteiger partial charge in [0.2, 0.25) is 0 Å². The molecule has 1 aromatic carbocycles. The molecule has 1 N–H and O–H groups in total. The monoisotopic (exact) mass is 390 g/mol. The van der Waals surface area contributed by atoms with Gasteiger partial charge >= 0.3 is 0 Å². The van der Waals surface area contributed by atoms with Gasteiger partial charge in [-0.1, -0.05) is 15.9 Å². The van der Waals surface area contributed by atoms with Gasteiger partial charge < -0.3 is 10.1 Å². The van der Waals surface area contributed by atoms with Gasteiger partial charge in [-0.25, -0.2) is 4.98 Å². The number of methoxy groups -OCH3 is 1. The molecular weight excluding hydrogens is 380 g/mol. The average molecular weight is 392 g/mol. The topological polar surface area (TPSA) is 34.1 Å². The summed E-state index contributed by atoms with van der Waals surface area (Å²) in [6.45, 7) is 1.50. The molecule has 0 atom stereocenters. The van der Waals surface area contributed by atoms with Crippen LogP contribution in [0.25, 0.3) is 0 Å². The van der Waals surface area contributed by atoms with E-state index >= 15 is 0 Å². The first-order chi connectivity index (χ1) is 8.70. The summed E-state index contributed by atoms with van der Waals surface area (Å²) in [6.07, 6.45) is 0. The number of thiazole rings is 1. The van der Waals surface area contributed by atoms with E-state index in [-0.39, 0.29) is 0 Å². The Morgan fingerprint density at radius 1 is 1.33 bits per heavy atom. The van der Waals surface area contributed by atoms with Crippen LogP contribution in [0.5, 0.6) is 5.75 Å². The van der Waals surface area contributed by atoms with Crippen molar-refractivity contribution in [2.45, 2.75) is 13.1 Å². The van der Waals surface area contributed by atoms with Crippen LogP contribution in [-0.2, 0) is 13.1 Å². The van der Waals surface area contributed by atoms with E-state index in [1.807, 2.05) is 17.0 Å². The Kier molecular flexibility index (Phi) is 5.17. The molecule has 2 aromatic rings. The Hall–Kier alpha value is -0.430. The number of hydrogen-bond acceptors (Lipinski definition) is 4. The van der Waals surface area contributed by atoms with Gasteiger partial charge in [-0.05, 0) is 28.1 Å². The van der Waals surface area contributed by atoms with Crippen molar-refractivity contribution in [3.05, 3.63) is 43.2 Å². The average Bonchev–Trinajstić information content (AvgIpc) is 2.81. The van der Waals surface area contributed by atoms with Crippen LogP contribution in [0, 0.1) is 0 Å². The normalized spacial score (nSPS) is 10.6. The fraction of sp³-hybridized carbons (Fsp3) is 0.250. The Balaban J connectivity index is 2.04. The molecule has 3 nitrogen and oxygen atoms in total. The predicted octanol–water partition coefficient (Wildman–Crippen LogP) is 3.97. The number of nitrogens with one attached hydrogen (secondary N) is 1. The highest BCUT2D eigenvalue weighted by Gasteiger charge is 2.09. The molecule has 96 valence electrons. The van der Waals surface area contributed by atoms with Crippen LogP contribution < -0.4 is 10.1 Å². The number of aromatic nitrogens is 1. The lowest BCUT2D eigenvalue weighted by Crippen LogP contribution is -2.13. The lowest BCUT2D eigenvalue weighted by Gasteiger charge is -2.11. The first kappa shape index (κ1) is 14.0. The van der Waals surface area contributed by atoms with Gasteiger partial charge in [-0.15, -0.1) is 11.3 Å². The van der Waals surface area contributed by atoms with Crippen molar-refractivity contribution in [1.29, 1.82) is 0 Å². The van der Waals surface area contributed by atoms with E-state index < -0.39 is 0 Å². The zero-order chi connectivity index (χ0) is 13.0. The quantitative estimate of drug-likeness (QED) is 0.837. The number of benzene rings is 1. The molecule has 0 aliphatic rings. The van der Waals surface area contributed by atoms with Crippen LogP contribution in [0.1, 0.15) is 11.3 Å².